The molecule has 4 aromatic heterocycles. The highest BCUT2D eigenvalue weighted by molar-refractivity contribution is 6.22. The van der Waals surface area contributed by atoms with Crippen LogP contribution < -0.4 is 0 Å². The first-order valence-corrected chi connectivity index (χ1v) is 19.4. The third-order valence-electron chi connectivity index (χ3n) is 12.0. The summed E-state index contributed by atoms with van der Waals surface area (Å²) in [5, 5.41) is 12.1. The maximum Gasteiger partial charge on any atom is 0.182 e. The minimum Gasteiger partial charge on any atom is -0.309 e. The Hall–Kier alpha value is -7.76. The number of hydrogen-bond donors (Lipinski definition) is 0. The molecular weight excluding hydrogens is 695 g/mol. The van der Waals surface area contributed by atoms with E-state index < -0.39 is 0 Å². The van der Waals surface area contributed by atoms with E-state index in [2.05, 4.69) is 190 Å². The van der Waals surface area contributed by atoms with Crippen LogP contribution >= 0.6 is 0 Å². The molecule has 5 heteroatoms. The molecule has 9 aromatic carbocycles. The maximum absolute atomic E-state index is 5.57. The molecule has 13 aromatic rings. The fraction of sp³-hybridized carbons (Fsp3) is 0. The highest BCUT2D eigenvalue weighted by atomic mass is 15.2. The zero-order valence-electron chi connectivity index (χ0n) is 30.6. The van der Waals surface area contributed by atoms with E-state index in [-0.39, 0.29) is 0 Å². The van der Waals surface area contributed by atoms with Crippen LogP contribution in [-0.4, -0.2) is 23.7 Å². The van der Waals surface area contributed by atoms with Gasteiger partial charge in [0.25, 0.3) is 0 Å². The average Bonchev–Trinajstić information content (AvgIpc) is 3.90. The van der Waals surface area contributed by atoms with Crippen molar-refractivity contribution in [3.8, 4) is 17.3 Å². The van der Waals surface area contributed by atoms with Gasteiger partial charge in [0, 0.05) is 38.0 Å². The van der Waals surface area contributed by atoms with Gasteiger partial charge < -0.3 is 4.57 Å². The second-order valence-corrected chi connectivity index (χ2v) is 15.0. The first kappa shape index (κ1) is 30.6. The van der Waals surface area contributed by atoms with Gasteiger partial charge in [-0.2, -0.15) is 0 Å². The smallest absolute Gasteiger partial charge is 0.182 e. The van der Waals surface area contributed by atoms with Crippen molar-refractivity contribution in [3.63, 3.8) is 0 Å². The Bertz CT molecular complexity index is 3770. The molecule has 0 aliphatic heterocycles. The number of hydrogen-bond acceptors (Lipinski definition) is 2. The predicted octanol–water partition coefficient (Wildman–Crippen LogP) is 13.2. The molecule has 0 amide bonds. The molecule has 0 aliphatic carbocycles. The molecule has 0 saturated heterocycles. The van der Waals surface area contributed by atoms with Crippen LogP contribution in [0.4, 0.5) is 0 Å². The summed E-state index contributed by atoms with van der Waals surface area (Å²) >= 11 is 0. The zero-order valence-corrected chi connectivity index (χ0v) is 30.6. The van der Waals surface area contributed by atoms with Gasteiger partial charge in [0.2, 0.25) is 0 Å². The Labute approximate surface area is 325 Å². The van der Waals surface area contributed by atoms with Crippen molar-refractivity contribution < 1.29 is 0 Å². The lowest BCUT2D eigenvalue weighted by atomic mass is 10.0. The second kappa shape index (κ2) is 11.4. The Kier molecular flexibility index (Phi) is 6.10. The third kappa shape index (κ3) is 4.23. The molecular formula is C52H31N5. The molecule has 0 radical (unpaired) electrons. The second-order valence-electron chi connectivity index (χ2n) is 15.0. The standard InChI is InChI=1S/C52H31N5/c1-2-15-34-30-48-41(29-33(34)14-1)39-19-7-10-22-44(39)55(48)35-26-27-40-49(31-35)57(47-28-25-32-13-3-4-16-36(32)50(40)47)52-51(53-42-20-8-9-21-43(42)54-52)56-45-23-11-5-17-37(45)38-18-6-12-24-46(38)56/h1-31H. The van der Waals surface area contributed by atoms with Gasteiger partial charge in [0.1, 0.15) is 0 Å². The van der Waals surface area contributed by atoms with Crippen LogP contribution in [0.5, 0.6) is 0 Å². The van der Waals surface area contributed by atoms with E-state index in [1.165, 1.54) is 64.9 Å². The van der Waals surface area contributed by atoms with E-state index in [9.17, 15) is 0 Å². The number of rotatable bonds is 3. The highest BCUT2D eigenvalue weighted by Gasteiger charge is 2.24. The van der Waals surface area contributed by atoms with Gasteiger partial charge in [-0.25, -0.2) is 9.97 Å². The average molecular weight is 726 g/mol. The van der Waals surface area contributed by atoms with Crippen LogP contribution in [0.3, 0.4) is 0 Å². The third-order valence-corrected chi connectivity index (χ3v) is 12.0. The summed E-state index contributed by atoms with van der Waals surface area (Å²) in [5.41, 5.74) is 9.47. The lowest BCUT2D eigenvalue weighted by Crippen LogP contribution is -2.09. The Morgan fingerprint density at radius 3 is 1.44 bits per heavy atom. The number of nitrogens with zero attached hydrogens (tertiary/aromatic N) is 5. The lowest BCUT2D eigenvalue weighted by Gasteiger charge is -2.16. The Morgan fingerprint density at radius 2 is 0.772 bits per heavy atom. The molecule has 0 bridgehead atoms. The van der Waals surface area contributed by atoms with Crippen molar-refractivity contribution in [2.75, 3.05) is 0 Å². The summed E-state index contributed by atoms with van der Waals surface area (Å²) in [7, 11) is 0. The van der Waals surface area contributed by atoms with Crippen molar-refractivity contribution in [3.05, 3.63) is 188 Å². The molecule has 57 heavy (non-hydrogen) atoms. The molecule has 0 fully saturated rings. The molecule has 0 aliphatic rings. The van der Waals surface area contributed by atoms with Crippen LogP contribution in [0.25, 0.3) is 115 Å². The van der Waals surface area contributed by atoms with E-state index in [0.717, 1.165) is 50.4 Å². The molecule has 5 nitrogen and oxygen atoms in total. The van der Waals surface area contributed by atoms with Crippen molar-refractivity contribution in [2.45, 2.75) is 0 Å². The number of benzene rings is 9. The van der Waals surface area contributed by atoms with Crippen LogP contribution in [0.15, 0.2) is 188 Å². The first-order valence-electron chi connectivity index (χ1n) is 19.4. The molecule has 0 atom stereocenters. The molecule has 0 spiro atoms. The molecule has 13 rings (SSSR count). The molecule has 0 N–H and O–H groups in total. The summed E-state index contributed by atoms with van der Waals surface area (Å²) < 4.78 is 7.10. The van der Waals surface area contributed by atoms with E-state index in [4.69, 9.17) is 9.97 Å². The Morgan fingerprint density at radius 1 is 0.281 bits per heavy atom. The van der Waals surface area contributed by atoms with Crippen molar-refractivity contribution in [1.29, 1.82) is 0 Å². The zero-order chi connectivity index (χ0) is 37.2. The highest BCUT2D eigenvalue weighted by Crippen LogP contribution is 2.42. The summed E-state index contributed by atoms with van der Waals surface area (Å²) in [5.74, 6) is 1.56. The predicted molar refractivity (Wildman–Crippen MR) is 238 cm³/mol. The van der Waals surface area contributed by atoms with Crippen molar-refractivity contribution in [2.24, 2.45) is 0 Å². The summed E-state index contributed by atoms with van der Waals surface area (Å²) in [4.78, 5) is 11.1. The number of aromatic nitrogens is 5. The van der Waals surface area contributed by atoms with E-state index in [0.29, 0.717) is 0 Å². The lowest BCUT2D eigenvalue weighted by molar-refractivity contribution is 0.995. The molecule has 0 unspecified atom stereocenters. The largest absolute Gasteiger partial charge is 0.309 e. The van der Waals surface area contributed by atoms with Crippen LogP contribution in [0.2, 0.25) is 0 Å². The van der Waals surface area contributed by atoms with E-state index in [1.54, 1.807) is 0 Å². The maximum atomic E-state index is 5.57. The molecule has 0 saturated carbocycles. The van der Waals surface area contributed by atoms with Crippen molar-refractivity contribution >= 4 is 98.0 Å². The van der Waals surface area contributed by atoms with Gasteiger partial charge >= 0.3 is 0 Å². The van der Waals surface area contributed by atoms with Gasteiger partial charge in [-0.1, -0.05) is 127 Å². The normalized spacial score (nSPS) is 12.2. The summed E-state index contributed by atoms with van der Waals surface area (Å²) in [6, 6.07) is 67.7. The SMILES string of the molecule is c1ccc2cc3c(cc2c1)c1ccccc1n3-c1ccc2c3c4ccccc4ccc3n(-c3nc4ccccc4nc3-n3c4ccccc4c4ccccc43)c2c1. The quantitative estimate of drug-likeness (QED) is 0.182. The topological polar surface area (TPSA) is 40.6 Å². The van der Waals surface area contributed by atoms with Gasteiger partial charge in [0.15, 0.2) is 11.6 Å². The first-order chi connectivity index (χ1) is 28.3. The summed E-state index contributed by atoms with van der Waals surface area (Å²) in [6.45, 7) is 0. The van der Waals surface area contributed by atoms with E-state index >= 15 is 0 Å². The van der Waals surface area contributed by atoms with Gasteiger partial charge in [-0.15, -0.1) is 0 Å². The van der Waals surface area contributed by atoms with Crippen LogP contribution in [0, 0.1) is 0 Å². The monoisotopic (exact) mass is 725 g/mol. The van der Waals surface area contributed by atoms with Crippen LogP contribution in [0.1, 0.15) is 0 Å². The number of fused-ring (bicyclic) bond motifs is 13. The van der Waals surface area contributed by atoms with Crippen molar-refractivity contribution in [1.82, 2.24) is 23.7 Å². The summed E-state index contributed by atoms with van der Waals surface area (Å²) in [6.07, 6.45) is 0. The van der Waals surface area contributed by atoms with Gasteiger partial charge in [-0.05, 0) is 82.2 Å². The molecule has 4 heterocycles. The molecule has 264 valence electrons. The minimum atomic E-state index is 0.779. The van der Waals surface area contributed by atoms with Crippen LogP contribution in [-0.2, 0) is 0 Å². The number of para-hydroxylation sites is 5. The fourth-order valence-corrected chi connectivity index (χ4v) is 9.51. The van der Waals surface area contributed by atoms with E-state index in [1.807, 2.05) is 12.1 Å². The Balaban J connectivity index is 1.20. The van der Waals surface area contributed by atoms with Gasteiger partial charge in [-0.3, -0.25) is 9.13 Å². The minimum absolute atomic E-state index is 0.779. The fourth-order valence-electron chi connectivity index (χ4n) is 9.51. The van der Waals surface area contributed by atoms with Gasteiger partial charge in [0.05, 0.1) is 44.1 Å².